The summed E-state index contributed by atoms with van der Waals surface area (Å²) < 4.78 is 37.9. The Labute approximate surface area is 150 Å². The Balaban J connectivity index is 2.05. The van der Waals surface area contributed by atoms with Crippen LogP contribution in [0, 0.1) is 5.92 Å². The zero-order valence-corrected chi connectivity index (χ0v) is 15.1. The molecule has 1 aromatic rings. The SMILES string of the molecule is CC(C)[C@H](N)C(=O)N1CCN(C(=O)c2ccc(C(F)(F)F)cc2)[C@@H](C)C1. The summed E-state index contributed by atoms with van der Waals surface area (Å²) in [6.45, 7) is 6.58. The average molecular weight is 371 g/mol. The Morgan fingerprint density at radius 3 is 2.19 bits per heavy atom. The first-order chi connectivity index (χ1) is 12.0. The number of piperazine rings is 1. The number of hydrogen-bond donors (Lipinski definition) is 1. The molecule has 0 aromatic heterocycles. The molecular formula is C18H24F3N3O2. The standard InChI is InChI=1S/C18H24F3N3O2/c1-11(2)15(22)17(26)23-8-9-24(12(3)10-23)16(25)13-4-6-14(7-5-13)18(19,20)21/h4-7,11-12,15H,8-10,22H2,1-3H3/t12-,15-/m0/s1. The molecule has 1 aliphatic rings. The van der Waals surface area contributed by atoms with Crippen LogP contribution in [0.2, 0.25) is 0 Å². The number of alkyl halides is 3. The number of benzene rings is 1. The van der Waals surface area contributed by atoms with E-state index < -0.39 is 17.8 Å². The van der Waals surface area contributed by atoms with Crippen molar-refractivity contribution in [3.05, 3.63) is 35.4 Å². The van der Waals surface area contributed by atoms with E-state index in [1.807, 2.05) is 20.8 Å². The van der Waals surface area contributed by atoms with Gasteiger partial charge in [0, 0.05) is 31.2 Å². The van der Waals surface area contributed by atoms with Crippen molar-refractivity contribution in [3.8, 4) is 0 Å². The van der Waals surface area contributed by atoms with E-state index >= 15 is 0 Å². The van der Waals surface area contributed by atoms with E-state index in [1.165, 1.54) is 12.1 Å². The number of carbonyl (C=O) groups excluding carboxylic acids is 2. The molecule has 0 saturated carbocycles. The number of carbonyl (C=O) groups is 2. The second-order valence-electron chi connectivity index (χ2n) is 6.98. The minimum absolute atomic E-state index is 0.0182. The summed E-state index contributed by atoms with van der Waals surface area (Å²) >= 11 is 0. The van der Waals surface area contributed by atoms with E-state index in [0.29, 0.717) is 19.6 Å². The molecule has 1 fully saturated rings. The van der Waals surface area contributed by atoms with Crippen LogP contribution in [-0.4, -0.2) is 53.3 Å². The Morgan fingerprint density at radius 1 is 1.15 bits per heavy atom. The van der Waals surface area contributed by atoms with E-state index in [1.54, 1.807) is 9.80 Å². The second kappa shape index (κ2) is 7.65. The molecule has 26 heavy (non-hydrogen) atoms. The third-order valence-electron chi connectivity index (χ3n) is 4.66. The molecular weight excluding hydrogens is 347 g/mol. The molecule has 2 rings (SSSR count). The summed E-state index contributed by atoms with van der Waals surface area (Å²) in [6, 6.07) is 3.34. The van der Waals surface area contributed by atoms with Gasteiger partial charge < -0.3 is 15.5 Å². The molecule has 1 aromatic carbocycles. The van der Waals surface area contributed by atoms with E-state index in [4.69, 9.17) is 5.73 Å². The molecule has 5 nitrogen and oxygen atoms in total. The monoisotopic (exact) mass is 371 g/mol. The number of nitrogens with zero attached hydrogens (tertiary/aromatic N) is 2. The summed E-state index contributed by atoms with van der Waals surface area (Å²) in [5.41, 5.74) is 5.31. The van der Waals surface area contributed by atoms with Crippen LogP contribution in [0.25, 0.3) is 0 Å². The molecule has 1 heterocycles. The van der Waals surface area contributed by atoms with Crippen molar-refractivity contribution >= 4 is 11.8 Å². The minimum Gasteiger partial charge on any atom is -0.338 e. The molecule has 2 amide bonds. The summed E-state index contributed by atoms with van der Waals surface area (Å²) in [5.74, 6) is -0.468. The van der Waals surface area contributed by atoms with Gasteiger partial charge in [0.05, 0.1) is 11.6 Å². The van der Waals surface area contributed by atoms with Crippen molar-refractivity contribution in [2.24, 2.45) is 11.7 Å². The molecule has 2 atom stereocenters. The van der Waals surface area contributed by atoms with Gasteiger partial charge >= 0.3 is 6.18 Å². The highest BCUT2D eigenvalue weighted by Gasteiger charge is 2.34. The van der Waals surface area contributed by atoms with Gasteiger partial charge in [-0.15, -0.1) is 0 Å². The summed E-state index contributed by atoms with van der Waals surface area (Å²) in [7, 11) is 0. The fraction of sp³-hybridized carbons (Fsp3) is 0.556. The molecule has 1 saturated heterocycles. The van der Waals surface area contributed by atoms with Crippen LogP contribution in [0.4, 0.5) is 13.2 Å². The van der Waals surface area contributed by atoms with Crippen LogP contribution in [0.3, 0.4) is 0 Å². The number of hydrogen-bond acceptors (Lipinski definition) is 3. The highest BCUT2D eigenvalue weighted by atomic mass is 19.4. The van der Waals surface area contributed by atoms with Crippen molar-refractivity contribution in [1.29, 1.82) is 0 Å². The van der Waals surface area contributed by atoms with Crippen LogP contribution in [0.15, 0.2) is 24.3 Å². The molecule has 0 bridgehead atoms. The van der Waals surface area contributed by atoms with Gasteiger partial charge in [-0.05, 0) is 37.1 Å². The molecule has 0 spiro atoms. The second-order valence-corrected chi connectivity index (χ2v) is 6.98. The quantitative estimate of drug-likeness (QED) is 0.887. The van der Waals surface area contributed by atoms with Crippen molar-refractivity contribution in [3.63, 3.8) is 0 Å². The predicted molar refractivity (Wildman–Crippen MR) is 91.3 cm³/mol. The third-order valence-corrected chi connectivity index (χ3v) is 4.66. The van der Waals surface area contributed by atoms with E-state index in [2.05, 4.69) is 0 Å². The molecule has 0 unspecified atom stereocenters. The smallest absolute Gasteiger partial charge is 0.338 e. The lowest BCUT2D eigenvalue weighted by Crippen LogP contribution is -2.58. The number of nitrogens with two attached hydrogens (primary N) is 1. The largest absolute Gasteiger partial charge is 0.416 e. The average Bonchev–Trinajstić information content (AvgIpc) is 2.59. The summed E-state index contributed by atoms with van der Waals surface area (Å²) in [6.07, 6.45) is -4.43. The lowest BCUT2D eigenvalue weighted by atomic mass is 10.0. The lowest BCUT2D eigenvalue weighted by Gasteiger charge is -2.41. The van der Waals surface area contributed by atoms with Gasteiger partial charge in [0.2, 0.25) is 5.91 Å². The fourth-order valence-corrected chi connectivity index (χ4v) is 2.92. The Morgan fingerprint density at radius 2 is 1.73 bits per heavy atom. The maximum absolute atomic E-state index is 12.6. The Hall–Kier alpha value is -2.09. The first-order valence-electron chi connectivity index (χ1n) is 8.55. The van der Waals surface area contributed by atoms with Crippen LogP contribution >= 0.6 is 0 Å². The van der Waals surface area contributed by atoms with Gasteiger partial charge in [-0.2, -0.15) is 13.2 Å². The zero-order valence-electron chi connectivity index (χ0n) is 15.1. The van der Waals surface area contributed by atoms with E-state index in [0.717, 1.165) is 12.1 Å². The Kier molecular flexibility index (Phi) is 5.95. The van der Waals surface area contributed by atoms with Gasteiger partial charge in [-0.1, -0.05) is 13.8 Å². The van der Waals surface area contributed by atoms with Crippen LogP contribution in [0.5, 0.6) is 0 Å². The number of rotatable bonds is 3. The Bertz CT molecular complexity index is 659. The first-order valence-corrected chi connectivity index (χ1v) is 8.55. The van der Waals surface area contributed by atoms with Gasteiger partial charge in [0.25, 0.3) is 5.91 Å². The summed E-state index contributed by atoms with van der Waals surface area (Å²) in [4.78, 5) is 28.2. The molecule has 8 heteroatoms. The van der Waals surface area contributed by atoms with Crippen molar-refractivity contribution in [1.82, 2.24) is 9.80 Å². The van der Waals surface area contributed by atoms with E-state index in [9.17, 15) is 22.8 Å². The van der Waals surface area contributed by atoms with Crippen molar-refractivity contribution in [2.45, 2.75) is 39.0 Å². The first kappa shape index (κ1) is 20.2. The lowest BCUT2D eigenvalue weighted by molar-refractivity contribution is -0.137. The molecule has 0 radical (unpaired) electrons. The molecule has 1 aliphatic heterocycles. The fourth-order valence-electron chi connectivity index (χ4n) is 2.92. The highest BCUT2D eigenvalue weighted by Crippen LogP contribution is 2.29. The van der Waals surface area contributed by atoms with Crippen LogP contribution < -0.4 is 5.73 Å². The predicted octanol–water partition coefficient (Wildman–Crippen LogP) is 2.36. The normalized spacial score (nSPS) is 19.6. The van der Waals surface area contributed by atoms with E-state index in [-0.39, 0.29) is 29.3 Å². The molecule has 144 valence electrons. The molecule has 0 aliphatic carbocycles. The molecule has 2 N–H and O–H groups in total. The maximum atomic E-state index is 12.6. The number of amides is 2. The maximum Gasteiger partial charge on any atom is 0.416 e. The van der Waals surface area contributed by atoms with Crippen molar-refractivity contribution < 1.29 is 22.8 Å². The van der Waals surface area contributed by atoms with Gasteiger partial charge in [-0.3, -0.25) is 9.59 Å². The minimum atomic E-state index is -4.43. The third kappa shape index (κ3) is 4.35. The highest BCUT2D eigenvalue weighted by molar-refractivity contribution is 5.94. The van der Waals surface area contributed by atoms with Gasteiger partial charge in [-0.25, -0.2) is 0 Å². The van der Waals surface area contributed by atoms with Crippen LogP contribution in [-0.2, 0) is 11.0 Å². The van der Waals surface area contributed by atoms with Crippen molar-refractivity contribution in [2.75, 3.05) is 19.6 Å². The van der Waals surface area contributed by atoms with Gasteiger partial charge in [0.1, 0.15) is 0 Å². The van der Waals surface area contributed by atoms with Gasteiger partial charge in [0.15, 0.2) is 0 Å². The topological polar surface area (TPSA) is 66.6 Å². The summed E-state index contributed by atoms with van der Waals surface area (Å²) in [5, 5.41) is 0. The number of halogens is 3. The van der Waals surface area contributed by atoms with Crippen LogP contribution in [0.1, 0.15) is 36.7 Å². The zero-order chi connectivity index (χ0) is 19.6.